The van der Waals surface area contributed by atoms with E-state index in [-0.39, 0.29) is 0 Å². The summed E-state index contributed by atoms with van der Waals surface area (Å²) in [7, 11) is -1.44. The van der Waals surface area contributed by atoms with Crippen molar-refractivity contribution in [3.05, 3.63) is 36.0 Å². The molecule has 0 N–H and O–H groups in total. The standard InChI is InChI=1S/C15H24O2Si/c1-15(8-5-13-7-10-16-12-13)9-6-14(11-15)17-18(2,3)4/h7,10-12H,5-6,8-9H2,1-4H3. The van der Waals surface area contributed by atoms with Crippen molar-refractivity contribution in [3.63, 3.8) is 0 Å². The summed E-state index contributed by atoms with van der Waals surface area (Å²) >= 11 is 0. The predicted octanol–water partition coefficient (Wildman–Crippen LogP) is 4.75. The Morgan fingerprint density at radius 1 is 1.39 bits per heavy atom. The Morgan fingerprint density at radius 3 is 2.78 bits per heavy atom. The molecule has 0 saturated carbocycles. The van der Waals surface area contributed by atoms with Crippen LogP contribution in [-0.4, -0.2) is 8.32 Å². The molecule has 0 aromatic carbocycles. The summed E-state index contributed by atoms with van der Waals surface area (Å²) in [4.78, 5) is 0. The number of hydrogen-bond acceptors (Lipinski definition) is 2. The van der Waals surface area contributed by atoms with Crippen LogP contribution in [-0.2, 0) is 10.8 Å². The molecule has 1 aromatic rings. The maximum absolute atomic E-state index is 6.11. The summed E-state index contributed by atoms with van der Waals surface area (Å²) in [5, 5.41) is 0. The molecule has 1 aliphatic carbocycles. The lowest BCUT2D eigenvalue weighted by Gasteiger charge is -2.21. The summed E-state index contributed by atoms with van der Waals surface area (Å²) in [6.07, 6.45) is 10.5. The molecule has 2 nitrogen and oxygen atoms in total. The maximum Gasteiger partial charge on any atom is 0.241 e. The number of furan rings is 1. The number of allylic oxidation sites excluding steroid dienone is 2. The molecule has 0 fully saturated rings. The lowest BCUT2D eigenvalue weighted by atomic mass is 9.84. The first-order valence-electron chi connectivity index (χ1n) is 6.78. The van der Waals surface area contributed by atoms with Gasteiger partial charge in [0.25, 0.3) is 0 Å². The van der Waals surface area contributed by atoms with Gasteiger partial charge in [0, 0.05) is 6.42 Å². The highest BCUT2D eigenvalue weighted by Crippen LogP contribution is 2.40. The van der Waals surface area contributed by atoms with Gasteiger partial charge in [-0.1, -0.05) is 6.92 Å². The third kappa shape index (κ3) is 3.77. The molecule has 3 heteroatoms. The molecule has 0 bridgehead atoms. The van der Waals surface area contributed by atoms with Gasteiger partial charge in [0.2, 0.25) is 8.32 Å². The Kier molecular flexibility index (Phi) is 3.71. The average Bonchev–Trinajstić information content (AvgIpc) is 2.84. The quantitative estimate of drug-likeness (QED) is 0.716. The van der Waals surface area contributed by atoms with Crippen molar-refractivity contribution in [2.24, 2.45) is 5.41 Å². The van der Waals surface area contributed by atoms with E-state index in [9.17, 15) is 0 Å². The topological polar surface area (TPSA) is 22.4 Å². The smallest absolute Gasteiger partial charge is 0.241 e. The molecule has 2 rings (SSSR count). The second-order valence-corrected chi connectivity index (χ2v) is 11.0. The van der Waals surface area contributed by atoms with Crippen LogP contribution in [0.25, 0.3) is 0 Å². The molecule has 0 radical (unpaired) electrons. The van der Waals surface area contributed by atoms with Crippen LogP contribution >= 0.6 is 0 Å². The van der Waals surface area contributed by atoms with Crippen LogP contribution in [0, 0.1) is 5.41 Å². The third-order valence-corrected chi connectivity index (χ3v) is 4.33. The monoisotopic (exact) mass is 264 g/mol. The minimum Gasteiger partial charge on any atom is -0.548 e. The first kappa shape index (κ1) is 13.5. The first-order valence-corrected chi connectivity index (χ1v) is 10.2. The first-order chi connectivity index (χ1) is 8.36. The molecule has 0 spiro atoms. The van der Waals surface area contributed by atoms with Crippen LogP contribution in [0.15, 0.2) is 34.8 Å². The van der Waals surface area contributed by atoms with Gasteiger partial charge in [-0.3, -0.25) is 0 Å². The Labute approximate surface area is 111 Å². The largest absolute Gasteiger partial charge is 0.548 e. The lowest BCUT2D eigenvalue weighted by molar-refractivity contribution is 0.378. The summed E-state index contributed by atoms with van der Waals surface area (Å²) in [5.41, 5.74) is 1.59. The third-order valence-electron chi connectivity index (χ3n) is 3.45. The van der Waals surface area contributed by atoms with Gasteiger partial charge < -0.3 is 8.84 Å². The van der Waals surface area contributed by atoms with E-state index >= 15 is 0 Å². The molecule has 1 atom stereocenters. The van der Waals surface area contributed by atoms with Gasteiger partial charge in [-0.15, -0.1) is 0 Å². The van der Waals surface area contributed by atoms with E-state index < -0.39 is 8.32 Å². The van der Waals surface area contributed by atoms with Gasteiger partial charge in [-0.05, 0) is 62.0 Å². The van der Waals surface area contributed by atoms with Crippen LogP contribution in [0.2, 0.25) is 19.6 Å². The molecule has 1 heterocycles. The molecule has 0 amide bonds. The Balaban J connectivity index is 1.92. The normalized spacial score (nSPS) is 24.1. The summed E-state index contributed by atoms with van der Waals surface area (Å²) in [6.45, 7) is 9.08. The van der Waals surface area contributed by atoms with Crippen molar-refractivity contribution >= 4 is 8.32 Å². The van der Waals surface area contributed by atoms with Gasteiger partial charge >= 0.3 is 0 Å². The van der Waals surface area contributed by atoms with E-state index in [1.807, 2.05) is 6.26 Å². The van der Waals surface area contributed by atoms with Crippen LogP contribution in [0.4, 0.5) is 0 Å². The van der Waals surface area contributed by atoms with Gasteiger partial charge in [-0.2, -0.15) is 0 Å². The van der Waals surface area contributed by atoms with Gasteiger partial charge in [-0.25, -0.2) is 0 Å². The Bertz CT molecular complexity index is 414. The highest BCUT2D eigenvalue weighted by Gasteiger charge is 2.30. The highest BCUT2D eigenvalue weighted by molar-refractivity contribution is 6.70. The zero-order valence-corrected chi connectivity index (χ0v) is 13.0. The molecular formula is C15H24O2Si. The summed E-state index contributed by atoms with van der Waals surface area (Å²) in [5.74, 6) is 1.23. The summed E-state index contributed by atoms with van der Waals surface area (Å²) in [6, 6.07) is 2.06. The fourth-order valence-corrected chi connectivity index (χ4v) is 3.43. The Morgan fingerprint density at radius 2 is 2.17 bits per heavy atom. The molecule has 1 unspecified atom stereocenters. The van der Waals surface area contributed by atoms with Gasteiger partial charge in [0.05, 0.1) is 18.3 Å². The molecule has 18 heavy (non-hydrogen) atoms. The van der Waals surface area contributed by atoms with E-state index in [1.54, 1.807) is 6.26 Å². The minimum absolute atomic E-state index is 0.298. The second kappa shape index (κ2) is 4.96. The molecular weight excluding hydrogens is 240 g/mol. The second-order valence-electron chi connectivity index (χ2n) is 6.61. The maximum atomic E-state index is 6.11. The number of rotatable bonds is 5. The van der Waals surface area contributed by atoms with E-state index in [0.717, 1.165) is 12.8 Å². The highest BCUT2D eigenvalue weighted by atomic mass is 28.4. The number of aryl methyl sites for hydroxylation is 1. The van der Waals surface area contributed by atoms with E-state index in [2.05, 4.69) is 38.7 Å². The SMILES string of the molecule is CC1(CCc2ccoc2)C=C(O[Si](C)(C)C)CC1. The average molecular weight is 264 g/mol. The van der Waals surface area contributed by atoms with Crippen molar-refractivity contribution in [1.29, 1.82) is 0 Å². The summed E-state index contributed by atoms with van der Waals surface area (Å²) < 4.78 is 11.2. The van der Waals surface area contributed by atoms with Crippen molar-refractivity contribution in [3.8, 4) is 0 Å². The van der Waals surface area contributed by atoms with Crippen molar-refractivity contribution in [2.75, 3.05) is 0 Å². The van der Waals surface area contributed by atoms with Crippen LogP contribution < -0.4 is 0 Å². The fourth-order valence-electron chi connectivity index (χ4n) is 2.48. The van der Waals surface area contributed by atoms with Crippen molar-refractivity contribution in [2.45, 2.75) is 52.2 Å². The van der Waals surface area contributed by atoms with E-state index in [1.165, 1.54) is 24.2 Å². The van der Waals surface area contributed by atoms with Crippen LogP contribution in [0.1, 0.15) is 31.7 Å². The van der Waals surface area contributed by atoms with Gasteiger partial charge in [0.15, 0.2) is 0 Å². The zero-order valence-electron chi connectivity index (χ0n) is 12.0. The van der Waals surface area contributed by atoms with Gasteiger partial charge in [0.1, 0.15) is 0 Å². The molecule has 0 saturated heterocycles. The fraction of sp³-hybridized carbons (Fsp3) is 0.600. The molecule has 1 aromatic heterocycles. The van der Waals surface area contributed by atoms with Crippen LogP contribution in [0.5, 0.6) is 0 Å². The zero-order chi connectivity index (χ0) is 13.2. The minimum atomic E-state index is -1.44. The Hall–Kier alpha value is -0.963. The van der Waals surface area contributed by atoms with Crippen LogP contribution in [0.3, 0.4) is 0 Å². The molecule has 0 aliphatic heterocycles. The number of hydrogen-bond donors (Lipinski definition) is 0. The van der Waals surface area contributed by atoms with Crippen molar-refractivity contribution in [1.82, 2.24) is 0 Å². The van der Waals surface area contributed by atoms with E-state index in [0.29, 0.717) is 5.41 Å². The lowest BCUT2D eigenvalue weighted by Crippen LogP contribution is -2.24. The van der Waals surface area contributed by atoms with Crippen molar-refractivity contribution < 1.29 is 8.84 Å². The molecule has 1 aliphatic rings. The predicted molar refractivity (Wildman–Crippen MR) is 76.9 cm³/mol. The van der Waals surface area contributed by atoms with E-state index in [4.69, 9.17) is 8.84 Å². The molecule has 100 valence electrons.